The summed E-state index contributed by atoms with van der Waals surface area (Å²) >= 11 is 0. The summed E-state index contributed by atoms with van der Waals surface area (Å²) in [6.07, 6.45) is 2.43. The highest BCUT2D eigenvalue weighted by atomic mass is 16.5. The summed E-state index contributed by atoms with van der Waals surface area (Å²) in [5, 5.41) is 0. The third-order valence-electron chi connectivity index (χ3n) is 4.15. The van der Waals surface area contributed by atoms with E-state index in [0.29, 0.717) is 24.9 Å². The van der Waals surface area contributed by atoms with Gasteiger partial charge in [-0.05, 0) is 31.6 Å². The summed E-state index contributed by atoms with van der Waals surface area (Å²) < 4.78 is 5.40. The van der Waals surface area contributed by atoms with Crippen molar-refractivity contribution < 1.29 is 4.74 Å². The summed E-state index contributed by atoms with van der Waals surface area (Å²) in [4.78, 5) is 11.3. The molecule has 0 radical (unpaired) electrons. The minimum absolute atomic E-state index is 0.418. The molecule has 6 nitrogen and oxygen atoms in total. The van der Waals surface area contributed by atoms with Gasteiger partial charge in [0.25, 0.3) is 0 Å². The minimum atomic E-state index is 0.418. The molecule has 0 aliphatic carbocycles. The lowest BCUT2D eigenvalue weighted by molar-refractivity contribution is 0.128. The minimum Gasteiger partial charge on any atom is -0.374 e. The molecule has 0 amide bonds. The predicted molar refractivity (Wildman–Crippen MR) is 84.9 cm³/mol. The molecule has 1 saturated heterocycles. The van der Waals surface area contributed by atoms with E-state index in [4.69, 9.17) is 10.6 Å². The van der Waals surface area contributed by atoms with Crippen molar-refractivity contribution in [2.45, 2.75) is 40.2 Å². The molecule has 1 aromatic rings. The maximum atomic E-state index is 5.51. The maximum Gasteiger partial charge on any atom is 0.158 e. The normalized spacial score (nSPS) is 16.5. The largest absolute Gasteiger partial charge is 0.374 e. The number of rotatable bonds is 6. The summed E-state index contributed by atoms with van der Waals surface area (Å²) in [5.41, 5.74) is 2.62. The number of ether oxygens (including phenoxy) is 1. The summed E-state index contributed by atoms with van der Waals surface area (Å²) in [5.74, 6) is 9.34. The second-order valence-corrected chi connectivity index (χ2v) is 5.88. The van der Waals surface area contributed by atoms with Gasteiger partial charge in [0.2, 0.25) is 0 Å². The molecule has 2 rings (SSSR count). The Hall–Kier alpha value is -1.40. The second-order valence-electron chi connectivity index (χ2n) is 5.88. The van der Waals surface area contributed by atoms with Crippen LogP contribution >= 0.6 is 0 Å². The third kappa shape index (κ3) is 4.28. The number of nitrogens with two attached hydrogens (primary N) is 1. The number of nitrogens with zero attached hydrogens (tertiary/aromatic N) is 3. The number of piperidine rings is 1. The first-order chi connectivity index (χ1) is 10.1. The zero-order chi connectivity index (χ0) is 15.2. The van der Waals surface area contributed by atoms with Crippen molar-refractivity contribution in [1.29, 1.82) is 0 Å². The Labute approximate surface area is 127 Å². The molecular weight excluding hydrogens is 266 g/mol. The van der Waals surface area contributed by atoms with E-state index in [9.17, 15) is 0 Å². The van der Waals surface area contributed by atoms with Gasteiger partial charge in [-0.25, -0.2) is 15.8 Å². The zero-order valence-corrected chi connectivity index (χ0v) is 13.3. The fourth-order valence-electron chi connectivity index (χ4n) is 2.77. The lowest BCUT2D eigenvalue weighted by Crippen LogP contribution is -2.36. The zero-order valence-electron chi connectivity index (χ0n) is 13.3. The molecule has 1 fully saturated rings. The lowest BCUT2D eigenvalue weighted by atomic mass is 9.87. The van der Waals surface area contributed by atoms with Gasteiger partial charge < -0.3 is 15.1 Å². The van der Waals surface area contributed by atoms with Gasteiger partial charge >= 0.3 is 0 Å². The van der Waals surface area contributed by atoms with Crippen LogP contribution in [-0.4, -0.2) is 29.7 Å². The standard InChI is InChI=1S/C15H27N5O/c1-4-21-10-14-17-13(19-16)9-15(18-14)20-7-5-12(6-8-20)11(2)3/h9,11-12H,4-8,10,16H2,1-3H3,(H,17,18,19). The van der Waals surface area contributed by atoms with E-state index in [1.54, 1.807) is 0 Å². The number of nitrogens with one attached hydrogen (secondary N) is 1. The van der Waals surface area contributed by atoms with Crippen LogP contribution in [0.15, 0.2) is 6.07 Å². The second kappa shape index (κ2) is 7.56. The Morgan fingerprint density at radius 1 is 1.38 bits per heavy atom. The van der Waals surface area contributed by atoms with Crippen LogP contribution in [0, 0.1) is 11.8 Å². The molecule has 1 aliphatic heterocycles. The van der Waals surface area contributed by atoms with E-state index in [1.807, 2.05) is 13.0 Å². The van der Waals surface area contributed by atoms with Crippen molar-refractivity contribution in [3.63, 3.8) is 0 Å². The van der Waals surface area contributed by atoms with E-state index in [2.05, 4.69) is 34.1 Å². The number of hydrogen-bond acceptors (Lipinski definition) is 6. The van der Waals surface area contributed by atoms with Crippen LogP contribution in [-0.2, 0) is 11.3 Å². The van der Waals surface area contributed by atoms with E-state index in [-0.39, 0.29) is 0 Å². The van der Waals surface area contributed by atoms with Crippen molar-refractivity contribution in [2.24, 2.45) is 17.7 Å². The van der Waals surface area contributed by atoms with Gasteiger partial charge in [-0.15, -0.1) is 0 Å². The fraction of sp³-hybridized carbons (Fsp3) is 0.733. The Morgan fingerprint density at radius 3 is 2.67 bits per heavy atom. The lowest BCUT2D eigenvalue weighted by Gasteiger charge is -2.34. The molecule has 6 heteroatoms. The number of hydrogen-bond donors (Lipinski definition) is 2. The van der Waals surface area contributed by atoms with Gasteiger partial charge in [0, 0.05) is 25.8 Å². The SMILES string of the molecule is CCOCc1nc(NN)cc(N2CCC(C(C)C)CC2)n1. The molecule has 118 valence electrons. The van der Waals surface area contributed by atoms with Crippen LogP contribution in [0.25, 0.3) is 0 Å². The molecule has 0 unspecified atom stereocenters. The van der Waals surface area contributed by atoms with Crippen LogP contribution in [0.1, 0.15) is 39.4 Å². The van der Waals surface area contributed by atoms with Gasteiger partial charge in [0.05, 0.1) is 0 Å². The van der Waals surface area contributed by atoms with Crippen molar-refractivity contribution >= 4 is 11.6 Å². The number of anilines is 2. The Morgan fingerprint density at radius 2 is 2.10 bits per heavy atom. The first-order valence-electron chi connectivity index (χ1n) is 7.81. The smallest absolute Gasteiger partial charge is 0.158 e. The van der Waals surface area contributed by atoms with E-state index in [0.717, 1.165) is 30.7 Å². The monoisotopic (exact) mass is 293 g/mol. The molecule has 3 N–H and O–H groups in total. The molecule has 0 aromatic carbocycles. The highest BCUT2D eigenvalue weighted by molar-refractivity contribution is 5.49. The van der Waals surface area contributed by atoms with Crippen molar-refractivity contribution in [3.8, 4) is 0 Å². The van der Waals surface area contributed by atoms with E-state index >= 15 is 0 Å². The van der Waals surface area contributed by atoms with Crippen LogP contribution in [0.5, 0.6) is 0 Å². The van der Waals surface area contributed by atoms with Gasteiger partial charge in [-0.3, -0.25) is 0 Å². The third-order valence-corrected chi connectivity index (χ3v) is 4.15. The average molecular weight is 293 g/mol. The molecule has 21 heavy (non-hydrogen) atoms. The fourth-order valence-corrected chi connectivity index (χ4v) is 2.77. The van der Waals surface area contributed by atoms with E-state index < -0.39 is 0 Å². The predicted octanol–water partition coefficient (Wildman–Crippen LogP) is 2.17. The van der Waals surface area contributed by atoms with Crippen molar-refractivity contribution in [2.75, 3.05) is 30.0 Å². The highest BCUT2D eigenvalue weighted by Gasteiger charge is 2.23. The molecule has 2 heterocycles. The molecule has 1 aliphatic rings. The first-order valence-corrected chi connectivity index (χ1v) is 7.81. The van der Waals surface area contributed by atoms with E-state index in [1.165, 1.54) is 12.8 Å². The topological polar surface area (TPSA) is 76.3 Å². The molecule has 1 aromatic heterocycles. The van der Waals surface area contributed by atoms with Gasteiger partial charge in [0.1, 0.15) is 18.2 Å². The van der Waals surface area contributed by atoms with Crippen LogP contribution in [0.2, 0.25) is 0 Å². The van der Waals surface area contributed by atoms with Crippen molar-refractivity contribution in [3.05, 3.63) is 11.9 Å². The first kappa shape index (κ1) is 16.0. The summed E-state index contributed by atoms with van der Waals surface area (Å²) in [6.45, 7) is 9.72. The quantitative estimate of drug-likeness (QED) is 0.618. The Bertz CT molecular complexity index is 444. The Kier molecular flexibility index (Phi) is 5.76. The highest BCUT2D eigenvalue weighted by Crippen LogP contribution is 2.27. The van der Waals surface area contributed by atoms with Crippen LogP contribution in [0.3, 0.4) is 0 Å². The van der Waals surface area contributed by atoms with Crippen molar-refractivity contribution in [1.82, 2.24) is 9.97 Å². The Balaban J connectivity index is 2.08. The summed E-state index contributed by atoms with van der Waals surface area (Å²) in [7, 11) is 0. The molecule has 0 bridgehead atoms. The van der Waals surface area contributed by atoms with Crippen LogP contribution in [0.4, 0.5) is 11.6 Å². The molecular formula is C15H27N5O. The summed E-state index contributed by atoms with van der Waals surface area (Å²) in [6, 6.07) is 1.91. The molecule has 0 spiro atoms. The number of hydrazine groups is 1. The van der Waals surface area contributed by atoms with Crippen LogP contribution < -0.4 is 16.2 Å². The average Bonchev–Trinajstić information content (AvgIpc) is 2.52. The maximum absolute atomic E-state index is 5.51. The van der Waals surface area contributed by atoms with Gasteiger partial charge in [0.15, 0.2) is 5.82 Å². The number of aromatic nitrogens is 2. The molecule has 0 atom stereocenters. The van der Waals surface area contributed by atoms with Gasteiger partial charge in [-0.1, -0.05) is 13.8 Å². The number of nitrogen functional groups attached to an aromatic ring is 1. The molecule has 0 saturated carbocycles. The van der Waals surface area contributed by atoms with Gasteiger partial charge in [-0.2, -0.15) is 0 Å².